The summed E-state index contributed by atoms with van der Waals surface area (Å²) in [5, 5.41) is 0. The molecule has 0 bridgehead atoms. The maximum absolute atomic E-state index is 2.41. The monoisotopic (exact) mass is 234 g/mol. The largest absolute Gasteiger partial charge is 0.0805 e. The third-order valence-electron chi connectivity index (χ3n) is 4.84. The Morgan fingerprint density at radius 1 is 0.833 bits per heavy atom. The molecule has 0 N–H and O–H groups in total. The number of hydrogen-bond donors (Lipinski definition) is 0. The Bertz CT molecular complexity index is 536. The molecule has 4 unspecified atom stereocenters. The zero-order chi connectivity index (χ0) is 11.9. The van der Waals surface area contributed by atoms with Crippen molar-refractivity contribution in [2.24, 2.45) is 23.7 Å². The van der Waals surface area contributed by atoms with E-state index in [-0.39, 0.29) is 0 Å². The van der Waals surface area contributed by atoms with Gasteiger partial charge in [-0.05, 0) is 30.3 Å². The predicted molar refractivity (Wildman–Crippen MR) is 75.9 cm³/mol. The fourth-order valence-electron chi connectivity index (χ4n) is 3.95. The smallest absolute Gasteiger partial charge is 0.00489 e. The molecular formula is C18H18. The van der Waals surface area contributed by atoms with Crippen LogP contribution in [0.2, 0.25) is 0 Å². The molecule has 4 aliphatic rings. The molecule has 0 heterocycles. The average molecular weight is 234 g/mol. The Balaban J connectivity index is 1.72. The van der Waals surface area contributed by atoms with Gasteiger partial charge in [0.25, 0.3) is 0 Å². The van der Waals surface area contributed by atoms with Gasteiger partial charge in [-0.1, -0.05) is 66.3 Å². The minimum atomic E-state index is 0.641. The Kier molecular flexibility index (Phi) is 2.29. The fourth-order valence-corrected chi connectivity index (χ4v) is 3.95. The van der Waals surface area contributed by atoms with Crippen molar-refractivity contribution in [1.29, 1.82) is 0 Å². The normalized spacial score (nSPS) is 39.6. The Labute approximate surface area is 109 Å². The molecule has 1 fully saturated rings. The highest BCUT2D eigenvalue weighted by atomic mass is 14.4. The molecule has 0 saturated heterocycles. The third kappa shape index (κ3) is 1.52. The first-order chi connectivity index (χ1) is 8.92. The highest BCUT2D eigenvalue weighted by molar-refractivity contribution is 5.42. The summed E-state index contributed by atoms with van der Waals surface area (Å²) in [5.41, 5.74) is 3.16. The van der Waals surface area contributed by atoms with Gasteiger partial charge in [-0.25, -0.2) is 0 Å². The third-order valence-corrected chi connectivity index (χ3v) is 4.84. The van der Waals surface area contributed by atoms with Crippen LogP contribution in [0.15, 0.2) is 71.9 Å². The Morgan fingerprint density at radius 3 is 2.72 bits per heavy atom. The van der Waals surface area contributed by atoms with Crippen LogP contribution in [0.25, 0.3) is 0 Å². The number of allylic oxidation sites excluding steroid dienone is 12. The highest BCUT2D eigenvalue weighted by Gasteiger charge is 2.38. The highest BCUT2D eigenvalue weighted by Crippen LogP contribution is 2.49. The van der Waals surface area contributed by atoms with Gasteiger partial charge in [-0.2, -0.15) is 0 Å². The van der Waals surface area contributed by atoms with Gasteiger partial charge in [0.05, 0.1) is 0 Å². The van der Waals surface area contributed by atoms with E-state index in [0.717, 1.165) is 11.8 Å². The van der Waals surface area contributed by atoms with Crippen LogP contribution < -0.4 is 0 Å². The van der Waals surface area contributed by atoms with Crippen molar-refractivity contribution in [1.82, 2.24) is 0 Å². The lowest BCUT2D eigenvalue weighted by Crippen LogP contribution is -2.07. The second-order valence-electron chi connectivity index (χ2n) is 5.81. The zero-order valence-electron chi connectivity index (χ0n) is 10.5. The molecule has 0 amide bonds. The average Bonchev–Trinajstić information content (AvgIpc) is 2.65. The van der Waals surface area contributed by atoms with E-state index in [1.54, 1.807) is 5.57 Å². The number of fused-ring (bicyclic) bond motifs is 4. The van der Waals surface area contributed by atoms with Crippen molar-refractivity contribution in [3.05, 3.63) is 71.9 Å². The van der Waals surface area contributed by atoms with Gasteiger partial charge in [-0.15, -0.1) is 0 Å². The molecular weight excluding hydrogens is 216 g/mol. The SMILES string of the molecule is C1=CC2=CC=C3C(CC2C=C1)CC1C=CC=CC31. The molecule has 0 aromatic heterocycles. The Hall–Kier alpha value is -1.56. The van der Waals surface area contributed by atoms with Crippen LogP contribution in [0.3, 0.4) is 0 Å². The van der Waals surface area contributed by atoms with E-state index in [9.17, 15) is 0 Å². The van der Waals surface area contributed by atoms with Crippen LogP contribution >= 0.6 is 0 Å². The maximum atomic E-state index is 2.41. The van der Waals surface area contributed by atoms with Gasteiger partial charge < -0.3 is 0 Å². The molecule has 0 nitrogen and oxygen atoms in total. The van der Waals surface area contributed by atoms with Gasteiger partial charge in [0.1, 0.15) is 0 Å². The van der Waals surface area contributed by atoms with Crippen LogP contribution in [-0.4, -0.2) is 0 Å². The molecule has 0 aromatic carbocycles. The second kappa shape index (κ2) is 3.98. The minimum absolute atomic E-state index is 0.641. The molecule has 4 aliphatic carbocycles. The van der Waals surface area contributed by atoms with Crippen molar-refractivity contribution in [3.8, 4) is 0 Å². The second-order valence-corrected chi connectivity index (χ2v) is 5.81. The van der Waals surface area contributed by atoms with E-state index >= 15 is 0 Å². The van der Waals surface area contributed by atoms with Crippen molar-refractivity contribution in [2.45, 2.75) is 12.8 Å². The molecule has 18 heavy (non-hydrogen) atoms. The molecule has 0 radical (unpaired) electrons. The summed E-state index contributed by atoms with van der Waals surface area (Å²) in [6.07, 6.45) is 25.7. The van der Waals surface area contributed by atoms with E-state index < -0.39 is 0 Å². The van der Waals surface area contributed by atoms with Gasteiger partial charge in [0.15, 0.2) is 0 Å². The summed E-state index contributed by atoms with van der Waals surface area (Å²) >= 11 is 0. The van der Waals surface area contributed by atoms with E-state index in [0.29, 0.717) is 11.8 Å². The molecule has 90 valence electrons. The molecule has 0 heteroatoms. The standard InChI is InChI=1S/C18H18/c1-2-6-14-11-16-12-15-7-3-4-8-17(15)18(16)10-9-13(14)5-1/h1-10,14-17H,11-12H2. The number of rotatable bonds is 0. The van der Waals surface area contributed by atoms with Crippen LogP contribution in [0.1, 0.15) is 12.8 Å². The summed E-state index contributed by atoms with van der Waals surface area (Å²) < 4.78 is 0. The summed E-state index contributed by atoms with van der Waals surface area (Å²) in [7, 11) is 0. The van der Waals surface area contributed by atoms with Crippen LogP contribution in [0, 0.1) is 23.7 Å². The lowest BCUT2D eigenvalue weighted by molar-refractivity contribution is 0.487. The van der Waals surface area contributed by atoms with Gasteiger partial charge in [-0.3, -0.25) is 0 Å². The van der Waals surface area contributed by atoms with Gasteiger partial charge >= 0.3 is 0 Å². The van der Waals surface area contributed by atoms with Crippen molar-refractivity contribution in [3.63, 3.8) is 0 Å². The molecule has 0 spiro atoms. The van der Waals surface area contributed by atoms with E-state index in [2.05, 4.69) is 60.8 Å². The first kappa shape index (κ1) is 10.4. The predicted octanol–water partition coefficient (Wildman–Crippen LogP) is 4.36. The lowest BCUT2D eigenvalue weighted by Gasteiger charge is -2.19. The maximum Gasteiger partial charge on any atom is 0.00489 e. The van der Waals surface area contributed by atoms with Gasteiger partial charge in [0.2, 0.25) is 0 Å². The zero-order valence-corrected chi connectivity index (χ0v) is 10.5. The minimum Gasteiger partial charge on any atom is -0.0805 e. The lowest BCUT2D eigenvalue weighted by atomic mass is 9.85. The van der Waals surface area contributed by atoms with Crippen molar-refractivity contribution in [2.75, 3.05) is 0 Å². The molecule has 1 saturated carbocycles. The van der Waals surface area contributed by atoms with Crippen molar-refractivity contribution >= 4 is 0 Å². The topological polar surface area (TPSA) is 0 Å². The molecule has 0 aliphatic heterocycles. The number of hydrogen-bond acceptors (Lipinski definition) is 0. The summed E-state index contributed by atoms with van der Waals surface area (Å²) in [6, 6.07) is 0. The molecule has 4 rings (SSSR count). The molecule has 0 aromatic rings. The van der Waals surface area contributed by atoms with Crippen LogP contribution in [0.5, 0.6) is 0 Å². The van der Waals surface area contributed by atoms with Crippen LogP contribution in [-0.2, 0) is 0 Å². The first-order valence-electron chi connectivity index (χ1n) is 7.03. The Morgan fingerprint density at radius 2 is 1.72 bits per heavy atom. The fraction of sp³-hybridized carbons (Fsp3) is 0.333. The van der Waals surface area contributed by atoms with E-state index in [1.807, 2.05) is 0 Å². The van der Waals surface area contributed by atoms with E-state index in [1.165, 1.54) is 18.4 Å². The summed E-state index contributed by atoms with van der Waals surface area (Å²) in [4.78, 5) is 0. The van der Waals surface area contributed by atoms with E-state index in [4.69, 9.17) is 0 Å². The van der Waals surface area contributed by atoms with Crippen LogP contribution in [0.4, 0.5) is 0 Å². The summed E-state index contributed by atoms with van der Waals surface area (Å²) in [5.74, 6) is 2.85. The first-order valence-corrected chi connectivity index (χ1v) is 7.03. The summed E-state index contributed by atoms with van der Waals surface area (Å²) in [6.45, 7) is 0. The van der Waals surface area contributed by atoms with Gasteiger partial charge in [0, 0.05) is 11.8 Å². The molecule has 4 atom stereocenters. The van der Waals surface area contributed by atoms with Crippen molar-refractivity contribution < 1.29 is 0 Å². The quantitative estimate of drug-likeness (QED) is 0.584.